The molecule has 0 spiro atoms. The Morgan fingerprint density at radius 2 is 1.74 bits per heavy atom. The number of carbonyl (C=O) groups excluding carboxylic acids is 1. The normalized spacial score (nSPS) is 11.5. The van der Waals surface area contributed by atoms with Crippen LogP contribution in [0.2, 0.25) is 0 Å². The highest BCUT2D eigenvalue weighted by molar-refractivity contribution is 5.94. The molecule has 0 heterocycles. The maximum Gasteiger partial charge on any atom is 0.406 e. The van der Waals surface area contributed by atoms with E-state index in [0.29, 0.717) is 0 Å². The summed E-state index contributed by atoms with van der Waals surface area (Å²) in [6.07, 6.45) is -4.67. The van der Waals surface area contributed by atoms with E-state index in [1.54, 1.807) is 0 Å². The third kappa shape index (κ3) is 4.16. The minimum absolute atomic E-state index is 0.252. The van der Waals surface area contributed by atoms with Gasteiger partial charge in [-0.2, -0.15) is 13.2 Å². The van der Waals surface area contributed by atoms with Crippen LogP contribution in [-0.2, 0) is 0 Å². The first-order valence-electron chi connectivity index (χ1n) is 5.26. The van der Waals surface area contributed by atoms with Gasteiger partial charge in [-0.25, -0.2) is 8.78 Å². The number of amides is 1. The Hall–Kier alpha value is -1.70. The molecular formula is C11H11F5N2O. The number of rotatable bonds is 4. The van der Waals surface area contributed by atoms with E-state index in [2.05, 4.69) is 0 Å². The predicted molar refractivity (Wildman–Crippen MR) is 57.4 cm³/mol. The molecule has 3 nitrogen and oxygen atoms in total. The molecule has 0 aliphatic carbocycles. The van der Waals surface area contributed by atoms with Crippen LogP contribution in [-0.4, -0.2) is 36.6 Å². The topological polar surface area (TPSA) is 46.3 Å². The lowest BCUT2D eigenvalue weighted by molar-refractivity contribution is -0.140. The number of nitrogens with two attached hydrogens (primary N) is 1. The fraction of sp³-hybridized carbons (Fsp3) is 0.364. The Morgan fingerprint density at radius 1 is 1.21 bits per heavy atom. The van der Waals surface area contributed by atoms with Crippen molar-refractivity contribution in [1.82, 2.24) is 4.90 Å². The van der Waals surface area contributed by atoms with Crippen LogP contribution in [0.5, 0.6) is 0 Å². The van der Waals surface area contributed by atoms with Crippen molar-refractivity contribution < 1.29 is 26.7 Å². The maximum absolute atomic E-state index is 13.3. The number of alkyl halides is 3. The monoisotopic (exact) mass is 282 g/mol. The summed E-state index contributed by atoms with van der Waals surface area (Å²) in [4.78, 5) is 12.0. The molecule has 0 aromatic heterocycles. The first-order valence-corrected chi connectivity index (χ1v) is 5.26. The zero-order valence-corrected chi connectivity index (χ0v) is 9.68. The van der Waals surface area contributed by atoms with Gasteiger partial charge in [0.2, 0.25) is 0 Å². The van der Waals surface area contributed by atoms with E-state index in [9.17, 15) is 26.7 Å². The summed E-state index contributed by atoms with van der Waals surface area (Å²) >= 11 is 0. The van der Waals surface area contributed by atoms with Crippen LogP contribution >= 0.6 is 0 Å². The average Bonchev–Trinajstić information content (AvgIpc) is 2.26. The summed E-state index contributed by atoms with van der Waals surface area (Å²) in [6, 6.07) is 2.60. The van der Waals surface area contributed by atoms with Gasteiger partial charge in [-0.05, 0) is 12.1 Å². The molecule has 106 valence electrons. The molecule has 0 saturated heterocycles. The molecule has 0 unspecified atom stereocenters. The van der Waals surface area contributed by atoms with E-state index < -0.39 is 42.4 Å². The van der Waals surface area contributed by atoms with Gasteiger partial charge in [0, 0.05) is 13.1 Å². The second-order valence-corrected chi connectivity index (χ2v) is 3.73. The summed E-state index contributed by atoms with van der Waals surface area (Å²) in [5, 5.41) is 0. The Balaban J connectivity index is 3.06. The molecule has 19 heavy (non-hydrogen) atoms. The van der Waals surface area contributed by atoms with Crippen molar-refractivity contribution in [3.05, 3.63) is 35.4 Å². The van der Waals surface area contributed by atoms with Crippen molar-refractivity contribution in [3.8, 4) is 0 Å². The minimum Gasteiger partial charge on any atom is -0.329 e. The van der Waals surface area contributed by atoms with Crippen LogP contribution in [0.4, 0.5) is 22.0 Å². The summed E-state index contributed by atoms with van der Waals surface area (Å²) in [5.41, 5.74) is 4.08. The van der Waals surface area contributed by atoms with Gasteiger partial charge in [0.15, 0.2) is 0 Å². The van der Waals surface area contributed by atoms with Gasteiger partial charge in [0.1, 0.15) is 23.7 Å². The first kappa shape index (κ1) is 15.4. The zero-order valence-electron chi connectivity index (χ0n) is 9.68. The first-order chi connectivity index (χ1) is 8.76. The molecule has 0 aliphatic rings. The third-order valence-electron chi connectivity index (χ3n) is 2.23. The lowest BCUT2D eigenvalue weighted by Gasteiger charge is -2.23. The second kappa shape index (κ2) is 5.96. The fourth-order valence-electron chi connectivity index (χ4n) is 1.48. The maximum atomic E-state index is 13.3. The molecule has 0 saturated carbocycles. The van der Waals surface area contributed by atoms with Crippen molar-refractivity contribution >= 4 is 5.91 Å². The van der Waals surface area contributed by atoms with Gasteiger partial charge in [-0.1, -0.05) is 6.07 Å². The molecule has 0 radical (unpaired) electrons. The molecule has 2 N–H and O–H groups in total. The quantitative estimate of drug-likeness (QED) is 0.858. The number of nitrogens with zero attached hydrogens (tertiary/aromatic N) is 1. The standard InChI is InChI=1S/C11H11F5N2O/c12-7-2-1-3-8(13)9(7)10(19)18(5-4-17)6-11(14,15)16/h1-3H,4-6,17H2. The Labute approximate surface area is 105 Å². The van der Waals surface area contributed by atoms with Crippen molar-refractivity contribution in [2.75, 3.05) is 19.6 Å². The van der Waals surface area contributed by atoms with Crippen molar-refractivity contribution in [2.24, 2.45) is 5.73 Å². The van der Waals surface area contributed by atoms with Crippen molar-refractivity contribution in [1.29, 1.82) is 0 Å². The Bertz CT molecular complexity index is 441. The number of hydrogen-bond acceptors (Lipinski definition) is 2. The van der Waals surface area contributed by atoms with Crippen LogP contribution in [0.3, 0.4) is 0 Å². The lowest BCUT2D eigenvalue weighted by atomic mass is 10.1. The van der Waals surface area contributed by atoms with Gasteiger partial charge < -0.3 is 10.6 Å². The van der Waals surface area contributed by atoms with E-state index in [0.717, 1.165) is 18.2 Å². The van der Waals surface area contributed by atoms with Crippen molar-refractivity contribution in [2.45, 2.75) is 6.18 Å². The van der Waals surface area contributed by atoms with Gasteiger partial charge in [0.05, 0.1) is 0 Å². The number of hydrogen-bond donors (Lipinski definition) is 1. The average molecular weight is 282 g/mol. The smallest absolute Gasteiger partial charge is 0.329 e. The highest BCUT2D eigenvalue weighted by Gasteiger charge is 2.34. The van der Waals surface area contributed by atoms with Crippen LogP contribution < -0.4 is 5.73 Å². The largest absolute Gasteiger partial charge is 0.406 e. The van der Waals surface area contributed by atoms with Crippen LogP contribution in [0.1, 0.15) is 10.4 Å². The summed E-state index contributed by atoms with van der Waals surface area (Å²) in [7, 11) is 0. The van der Waals surface area contributed by atoms with Gasteiger partial charge in [-0.3, -0.25) is 4.79 Å². The second-order valence-electron chi connectivity index (χ2n) is 3.73. The summed E-state index contributed by atoms with van der Waals surface area (Å²) in [6.45, 7) is -2.32. The van der Waals surface area contributed by atoms with Crippen LogP contribution in [0.25, 0.3) is 0 Å². The molecular weight excluding hydrogens is 271 g/mol. The number of benzene rings is 1. The molecule has 1 aromatic rings. The Kier molecular flexibility index (Phi) is 4.82. The minimum atomic E-state index is -4.67. The van der Waals surface area contributed by atoms with Gasteiger partial charge >= 0.3 is 6.18 Å². The predicted octanol–water partition coefficient (Wildman–Crippen LogP) is 1.93. The van der Waals surface area contributed by atoms with E-state index in [1.165, 1.54) is 0 Å². The van der Waals surface area contributed by atoms with Gasteiger partial charge in [-0.15, -0.1) is 0 Å². The molecule has 8 heteroatoms. The Morgan fingerprint density at radius 3 is 2.16 bits per heavy atom. The van der Waals surface area contributed by atoms with Gasteiger partial charge in [0.25, 0.3) is 5.91 Å². The molecule has 1 rings (SSSR count). The number of halogens is 5. The molecule has 1 aromatic carbocycles. The summed E-state index contributed by atoms with van der Waals surface area (Å²) in [5.74, 6) is -3.80. The molecule has 0 aliphatic heterocycles. The van der Waals surface area contributed by atoms with Crippen LogP contribution in [0.15, 0.2) is 18.2 Å². The zero-order chi connectivity index (χ0) is 14.6. The van der Waals surface area contributed by atoms with E-state index >= 15 is 0 Å². The van der Waals surface area contributed by atoms with E-state index in [4.69, 9.17) is 5.73 Å². The lowest BCUT2D eigenvalue weighted by Crippen LogP contribution is -2.42. The highest BCUT2D eigenvalue weighted by atomic mass is 19.4. The fourth-order valence-corrected chi connectivity index (χ4v) is 1.48. The summed E-state index contributed by atoms with van der Waals surface area (Å²) < 4.78 is 63.5. The molecule has 0 bridgehead atoms. The van der Waals surface area contributed by atoms with E-state index in [-0.39, 0.29) is 11.4 Å². The molecule has 1 amide bonds. The third-order valence-corrected chi connectivity index (χ3v) is 2.23. The van der Waals surface area contributed by atoms with Crippen molar-refractivity contribution in [3.63, 3.8) is 0 Å². The SMILES string of the molecule is NCCN(CC(F)(F)F)C(=O)c1c(F)cccc1F. The number of carbonyl (C=O) groups is 1. The molecule has 0 fully saturated rings. The highest BCUT2D eigenvalue weighted by Crippen LogP contribution is 2.20. The molecule has 0 atom stereocenters. The van der Waals surface area contributed by atoms with Crippen LogP contribution in [0, 0.1) is 11.6 Å². The van der Waals surface area contributed by atoms with E-state index in [1.807, 2.05) is 0 Å².